The Hall–Kier alpha value is -0.220. The number of amides is 1. The smallest absolute Gasteiger partial charge is 0.240 e. The number of hydrogen-bond donors (Lipinski definition) is 2. The topological polar surface area (TPSA) is 55.1 Å². The summed E-state index contributed by atoms with van der Waals surface area (Å²) in [7, 11) is 0. The maximum Gasteiger partial charge on any atom is 0.240 e. The van der Waals surface area contributed by atoms with E-state index in [-0.39, 0.29) is 11.3 Å². The van der Waals surface area contributed by atoms with Gasteiger partial charge in [0, 0.05) is 5.75 Å². The van der Waals surface area contributed by atoms with Gasteiger partial charge in [-0.2, -0.15) is 11.8 Å². The van der Waals surface area contributed by atoms with Crippen LogP contribution < -0.4 is 11.3 Å². The molecule has 0 heterocycles. The summed E-state index contributed by atoms with van der Waals surface area (Å²) in [6, 6.07) is 0. The van der Waals surface area contributed by atoms with Crippen LogP contribution in [0.25, 0.3) is 0 Å². The summed E-state index contributed by atoms with van der Waals surface area (Å²) in [4.78, 5) is 11.2. The standard InChI is InChI=1S/C9H20N2OS/c1-4-5-6-13-7-9(2,3)8(12)11-10/h4-7,10H2,1-3H3,(H,11,12). The Kier molecular flexibility index (Phi) is 6.16. The molecule has 0 unspecified atom stereocenters. The molecule has 78 valence electrons. The van der Waals surface area contributed by atoms with Crippen molar-refractivity contribution < 1.29 is 4.79 Å². The Morgan fingerprint density at radius 1 is 1.54 bits per heavy atom. The van der Waals surface area contributed by atoms with Crippen molar-refractivity contribution >= 4 is 17.7 Å². The van der Waals surface area contributed by atoms with Gasteiger partial charge in [0.15, 0.2) is 0 Å². The molecule has 0 aliphatic rings. The van der Waals surface area contributed by atoms with Crippen LogP contribution in [0.2, 0.25) is 0 Å². The van der Waals surface area contributed by atoms with E-state index >= 15 is 0 Å². The molecule has 3 nitrogen and oxygen atoms in total. The number of carbonyl (C=O) groups is 1. The summed E-state index contributed by atoms with van der Waals surface area (Å²) in [5.74, 6) is 6.95. The summed E-state index contributed by atoms with van der Waals surface area (Å²) in [5, 5.41) is 0. The molecule has 0 aromatic carbocycles. The quantitative estimate of drug-likeness (QED) is 0.299. The van der Waals surface area contributed by atoms with Crippen LogP contribution in [0, 0.1) is 5.41 Å². The van der Waals surface area contributed by atoms with E-state index in [2.05, 4.69) is 12.3 Å². The van der Waals surface area contributed by atoms with Crippen LogP contribution >= 0.6 is 11.8 Å². The number of hydrazine groups is 1. The molecular formula is C9H20N2OS. The van der Waals surface area contributed by atoms with Crippen LogP contribution in [0.4, 0.5) is 0 Å². The monoisotopic (exact) mass is 204 g/mol. The number of carbonyl (C=O) groups excluding carboxylic acids is 1. The van der Waals surface area contributed by atoms with Crippen molar-refractivity contribution in [1.82, 2.24) is 5.43 Å². The van der Waals surface area contributed by atoms with Crippen LogP contribution in [0.5, 0.6) is 0 Å². The Morgan fingerprint density at radius 2 is 2.15 bits per heavy atom. The molecule has 0 atom stereocenters. The molecule has 0 bridgehead atoms. The normalized spacial score (nSPS) is 11.4. The molecule has 1 amide bonds. The van der Waals surface area contributed by atoms with E-state index in [1.165, 1.54) is 12.8 Å². The van der Waals surface area contributed by atoms with Crippen molar-refractivity contribution in [3.8, 4) is 0 Å². The highest BCUT2D eigenvalue weighted by Gasteiger charge is 2.26. The second-order valence-corrected chi connectivity index (χ2v) is 4.87. The number of nitrogens with two attached hydrogens (primary N) is 1. The zero-order chi connectivity index (χ0) is 10.3. The minimum Gasteiger partial charge on any atom is -0.294 e. The fourth-order valence-corrected chi connectivity index (χ4v) is 2.11. The summed E-state index contributed by atoms with van der Waals surface area (Å²) in [6.45, 7) is 5.99. The minimum absolute atomic E-state index is 0.0866. The maximum atomic E-state index is 11.2. The first-order valence-electron chi connectivity index (χ1n) is 4.63. The summed E-state index contributed by atoms with van der Waals surface area (Å²) in [5.41, 5.74) is 1.84. The Labute approximate surface area is 84.8 Å². The first kappa shape index (κ1) is 12.8. The van der Waals surface area contributed by atoms with Gasteiger partial charge in [-0.25, -0.2) is 5.84 Å². The van der Waals surface area contributed by atoms with Crippen LogP contribution in [0.1, 0.15) is 33.6 Å². The number of nitrogens with one attached hydrogen (secondary N) is 1. The van der Waals surface area contributed by atoms with Crippen molar-refractivity contribution in [3.63, 3.8) is 0 Å². The van der Waals surface area contributed by atoms with E-state index in [0.29, 0.717) is 0 Å². The van der Waals surface area contributed by atoms with Gasteiger partial charge < -0.3 is 0 Å². The van der Waals surface area contributed by atoms with E-state index in [9.17, 15) is 4.79 Å². The van der Waals surface area contributed by atoms with Crippen LogP contribution in [-0.4, -0.2) is 17.4 Å². The predicted octanol–water partition coefficient (Wildman–Crippen LogP) is 1.54. The number of rotatable bonds is 6. The molecule has 0 radical (unpaired) electrons. The fourth-order valence-electron chi connectivity index (χ4n) is 0.835. The molecule has 3 N–H and O–H groups in total. The van der Waals surface area contributed by atoms with Gasteiger partial charge in [0.1, 0.15) is 0 Å². The van der Waals surface area contributed by atoms with E-state index in [1.54, 1.807) is 0 Å². The fraction of sp³-hybridized carbons (Fsp3) is 0.889. The van der Waals surface area contributed by atoms with Gasteiger partial charge in [0.2, 0.25) is 5.91 Å². The molecule has 0 saturated heterocycles. The van der Waals surface area contributed by atoms with Gasteiger partial charge in [-0.05, 0) is 12.2 Å². The highest BCUT2D eigenvalue weighted by Crippen LogP contribution is 2.22. The predicted molar refractivity (Wildman–Crippen MR) is 58.3 cm³/mol. The second-order valence-electron chi connectivity index (χ2n) is 3.76. The maximum absolute atomic E-state index is 11.2. The lowest BCUT2D eigenvalue weighted by Crippen LogP contribution is -2.42. The van der Waals surface area contributed by atoms with Gasteiger partial charge >= 0.3 is 0 Å². The van der Waals surface area contributed by atoms with Crippen LogP contribution in [0.3, 0.4) is 0 Å². The molecule has 0 aromatic heterocycles. The average Bonchev–Trinajstić information content (AvgIpc) is 2.11. The lowest BCUT2D eigenvalue weighted by atomic mass is 9.96. The molecule has 0 saturated carbocycles. The SMILES string of the molecule is CCCCSCC(C)(C)C(=O)NN. The zero-order valence-electron chi connectivity index (χ0n) is 8.72. The van der Waals surface area contributed by atoms with Crippen molar-refractivity contribution in [1.29, 1.82) is 0 Å². The van der Waals surface area contributed by atoms with Gasteiger partial charge in [-0.3, -0.25) is 10.2 Å². The van der Waals surface area contributed by atoms with E-state index < -0.39 is 0 Å². The molecule has 0 spiro atoms. The zero-order valence-corrected chi connectivity index (χ0v) is 9.54. The summed E-state index contributed by atoms with van der Waals surface area (Å²) < 4.78 is 0. The summed E-state index contributed by atoms with van der Waals surface area (Å²) in [6.07, 6.45) is 2.42. The number of hydrogen-bond acceptors (Lipinski definition) is 3. The second kappa shape index (κ2) is 6.27. The molecule has 0 aromatic rings. The molecular weight excluding hydrogens is 184 g/mol. The first-order chi connectivity index (χ1) is 6.04. The van der Waals surface area contributed by atoms with Gasteiger partial charge in [-0.1, -0.05) is 27.2 Å². The van der Waals surface area contributed by atoms with Gasteiger partial charge in [0.05, 0.1) is 5.41 Å². The van der Waals surface area contributed by atoms with E-state index in [0.717, 1.165) is 11.5 Å². The van der Waals surface area contributed by atoms with Crippen molar-refractivity contribution in [2.75, 3.05) is 11.5 Å². The molecule has 0 rings (SSSR count). The highest BCUT2D eigenvalue weighted by molar-refractivity contribution is 7.99. The molecule has 0 fully saturated rings. The van der Waals surface area contributed by atoms with Crippen LogP contribution in [0.15, 0.2) is 0 Å². The Morgan fingerprint density at radius 3 is 2.62 bits per heavy atom. The van der Waals surface area contributed by atoms with Crippen molar-refractivity contribution in [2.24, 2.45) is 11.3 Å². The van der Waals surface area contributed by atoms with Crippen LogP contribution in [-0.2, 0) is 4.79 Å². The largest absolute Gasteiger partial charge is 0.294 e. The Balaban J connectivity index is 3.69. The molecule has 13 heavy (non-hydrogen) atoms. The summed E-state index contributed by atoms with van der Waals surface area (Å²) >= 11 is 1.81. The lowest BCUT2D eigenvalue weighted by molar-refractivity contribution is -0.128. The third-order valence-corrected chi connectivity index (χ3v) is 3.35. The average molecular weight is 204 g/mol. The van der Waals surface area contributed by atoms with E-state index in [4.69, 9.17) is 5.84 Å². The number of thioether (sulfide) groups is 1. The molecule has 0 aliphatic heterocycles. The Bertz CT molecular complexity index is 160. The van der Waals surface area contributed by atoms with Gasteiger partial charge in [0.25, 0.3) is 0 Å². The van der Waals surface area contributed by atoms with Gasteiger partial charge in [-0.15, -0.1) is 0 Å². The minimum atomic E-state index is -0.354. The van der Waals surface area contributed by atoms with Crippen molar-refractivity contribution in [2.45, 2.75) is 33.6 Å². The molecule has 4 heteroatoms. The van der Waals surface area contributed by atoms with E-state index in [1.807, 2.05) is 25.6 Å². The third kappa shape index (κ3) is 5.16. The molecule has 0 aliphatic carbocycles. The third-order valence-electron chi connectivity index (χ3n) is 1.85. The highest BCUT2D eigenvalue weighted by atomic mass is 32.2. The first-order valence-corrected chi connectivity index (χ1v) is 5.79. The number of unbranched alkanes of at least 4 members (excludes halogenated alkanes) is 1. The van der Waals surface area contributed by atoms with Crippen molar-refractivity contribution in [3.05, 3.63) is 0 Å². The lowest BCUT2D eigenvalue weighted by Gasteiger charge is -2.21.